The van der Waals surface area contributed by atoms with E-state index < -0.39 is 0 Å². The minimum atomic E-state index is -0.0779. The quantitative estimate of drug-likeness (QED) is 0.793. The predicted octanol–water partition coefficient (Wildman–Crippen LogP) is 4.22. The van der Waals surface area contributed by atoms with Crippen molar-refractivity contribution in [2.75, 3.05) is 23.4 Å². The zero-order chi connectivity index (χ0) is 14.4. The Morgan fingerprint density at radius 2 is 1.85 bits per heavy atom. The second-order valence-corrected chi connectivity index (χ2v) is 5.84. The van der Waals surface area contributed by atoms with Crippen LogP contribution in [0, 0.1) is 0 Å². The molecule has 0 aromatic heterocycles. The average Bonchev–Trinajstić information content (AvgIpc) is 2.48. The smallest absolute Gasteiger partial charge is 0.243 e. The van der Waals surface area contributed by atoms with E-state index in [4.69, 9.17) is 0 Å². The summed E-state index contributed by atoms with van der Waals surface area (Å²) in [5, 5.41) is 5.95. The highest BCUT2D eigenvalue weighted by Gasteiger charge is 2.04. The number of hydrogen-bond acceptors (Lipinski definition) is 3. The van der Waals surface area contributed by atoms with Crippen LogP contribution in [-0.4, -0.2) is 18.7 Å². The summed E-state index contributed by atoms with van der Waals surface area (Å²) in [6.07, 6.45) is 2.04. The van der Waals surface area contributed by atoms with Gasteiger partial charge in [0.25, 0.3) is 0 Å². The minimum absolute atomic E-state index is 0.0779. The first kappa shape index (κ1) is 14.9. The van der Waals surface area contributed by atoms with Crippen molar-refractivity contribution in [3.05, 3.63) is 53.0 Å². The molecule has 0 fully saturated rings. The second-order valence-electron chi connectivity index (χ2n) is 4.11. The van der Waals surface area contributed by atoms with Gasteiger partial charge in [-0.1, -0.05) is 12.1 Å². The number of anilines is 2. The van der Waals surface area contributed by atoms with Gasteiger partial charge in [0.05, 0.1) is 12.2 Å². The van der Waals surface area contributed by atoms with E-state index in [0.29, 0.717) is 0 Å². The summed E-state index contributed by atoms with van der Waals surface area (Å²) in [5.41, 5.74) is 1.71. The molecule has 0 radical (unpaired) electrons. The van der Waals surface area contributed by atoms with Crippen LogP contribution in [0.15, 0.2) is 57.9 Å². The van der Waals surface area contributed by atoms with Crippen LogP contribution in [0.1, 0.15) is 0 Å². The lowest BCUT2D eigenvalue weighted by Gasteiger charge is -2.09. The molecule has 0 spiro atoms. The Balaban J connectivity index is 1.87. The van der Waals surface area contributed by atoms with Crippen LogP contribution >= 0.6 is 27.7 Å². The van der Waals surface area contributed by atoms with Gasteiger partial charge in [0, 0.05) is 15.1 Å². The van der Waals surface area contributed by atoms with Crippen molar-refractivity contribution in [3.63, 3.8) is 0 Å². The molecule has 20 heavy (non-hydrogen) atoms. The van der Waals surface area contributed by atoms with E-state index in [1.807, 2.05) is 54.8 Å². The van der Waals surface area contributed by atoms with Crippen LogP contribution in [-0.2, 0) is 4.79 Å². The number of amides is 1. The fraction of sp³-hybridized carbons (Fsp3) is 0.133. The summed E-state index contributed by atoms with van der Waals surface area (Å²) < 4.78 is 0.873. The highest BCUT2D eigenvalue weighted by molar-refractivity contribution is 9.10. The third kappa shape index (κ3) is 4.28. The SMILES string of the molecule is CSc1ccc(NCC(=O)Nc2ccccc2Br)cc1. The number of hydrogen-bond donors (Lipinski definition) is 2. The van der Waals surface area contributed by atoms with E-state index in [-0.39, 0.29) is 12.5 Å². The monoisotopic (exact) mass is 350 g/mol. The van der Waals surface area contributed by atoms with Gasteiger partial charge in [-0.05, 0) is 58.6 Å². The Labute approximate surface area is 131 Å². The molecule has 0 aliphatic rings. The van der Waals surface area contributed by atoms with Crippen molar-refractivity contribution in [2.45, 2.75) is 4.90 Å². The molecule has 2 rings (SSSR count). The van der Waals surface area contributed by atoms with Crippen molar-refractivity contribution in [1.29, 1.82) is 0 Å². The number of thioether (sulfide) groups is 1. The van der Waals surface area contributed by atoms with E-state index in [9.17, 15) is 4.79 Å². The molecule has 2 aromatic carbocycles. The van der Waals surface area contributed by atoms with Crippen LogP contribution in [0.3, 0.4) is 0 Å². The molecule has 0 heterocycles. The molecule has 0 saturated heterocycles. The van der Waals surface area contributed by atoms with Crippen LogP contribution in [0.5, 0.6) is 0 Å². The maximum absolute atomic E-state index is 11.9. The number of halogens is 1. The van der Waals surface area contributed by atoms with Crippen molar-refractivity contribution in [1.82, 2.24) is 0 Å². The van der Waals surface area contributed by atoms with Crippen molar-refractivity contribution < 1.29 is 4.79 Å². The molecule has 0 bridgehead atoms. The third-order valence-electron chi connectivity index (χ3n) is 2.69. The molecule has 2 N–H and O–H groups in total. The Morgan fingerprint density at radius 3 is 2.50 bits per heavy atom. The van der Waals surface area contributed by atoms with E-state index in [1.165, 1.54) is 4.90 Å². The summed E-state index contributed by atoms with van der Waals surface area (Å²) in [7, 11) is 0. The first-order valence-corrected chi connectivity index (χ1v) is 8.13. The summed E-state index contributed by atoms with van der Waals surface area (Å²) in [6.45, 7) is 0.236. The average molecular weight is 351 g/mol. The van der Waals surface area contributed by atoms with E-state index >= 15 is 0 Å². The molecule has 0 atom stereocenters. The topological polar surface area (TPSA) is 41.1 Å². The molecule has 0 aliphatic heterocycles. The summed E-state index contributed by atoms with van der Waals surface area (Å²) in [6, 6.07) is 15.5. The lowest BCUT2D eigenvalue weighted by molar-refractivity contribution is -0.114. The van der Waals surface area contributed by atoms with Crippen LogP contribution < -0.4 is 10.6 Å². The Hall–Kier alpha value is -1.46. The van der Waals surface area contributed by atoms with Crippen LogP contribution in [0.25, 0.3) is 0 Å². The lowest BCUT2D eigenvalue weighted by atomic mass is 10.3. The number of benzene rings is 2. The van der Waals surface area contributed by atoms with E-state index in [2.05, 4.69) is 26.6 Å². The Bertz CT molecular complexity index is 587. The van der Waals surface area contributed by atoms with Gasteiger partial charge in [0.1, 0.15) is 0 Å². The number of rotatable bonds is 5. The van der Waals surface area contributed by atoms with Gasteiger partial charge in [-0.25, -0.2) is 0 Å². The number of carbonyl (C=O) groups is 1. The summed E-state index contributed by atoms with van der Waals surface area (Å²) >= 11 is 5.09. The summed E-state index contributed by atoms with van der Waals surface area (Å²) in [5.74, 6) is -0.0779. The summed E-state index contributed by atoms with van der Waals surface area (Å²) in [4.78, 5) is 13.1. The molecule has 0 unspecified atom stereocenters. The van der Waals surface area contributed by atoms with Gasteiger partial charge in [0.15, 0.2) is 0 Å². The van der Waals surface area contributed by atoms with E-state index in [1.54, 1.807) is 11.8 Å². The molecular weight excluding hydrogens is 336 g/mol. The normalized spacial score (nSPS) is 10.1. The van der Waals surface area contributed by atoms with Gasteiger partial charge in [-0.3, -0.25) is 4.79 Å². The van der Waals surface area contributed by atoms with Gasteiger partial charge in [-0.2, -0.15) is 0 Å². The van der Waals surface area contributed by atoms with Crippen LogP contribution in [0.2, 0.25) is 0 Å². The maximum atomic E-state index is 11.9. The predicted molar refractivity (Wildman–Crippen MR) is 89.5 cm³/mol. The first-order valence-electron chi connectivity index (χ1n) is 6.11. The molecule has 0 saturated carbocycles. The molecular formula is C15H15BrN2OS. The molecule has 1 amide bonds. The van der Waals surface area contributed by atoms with E-state index in [0.717, 1.165) is 15.8 Å². The molecule has 2 aromatic rings. The number of para-hydroxylation sites is 1. The standard InChI is InChI=1S/C15H15BrN2OS/c1-20-12-8-6-11(7-9-12)17-10-15(19)18-14-5-3-2-4-13(14)16/h2-9,17H,10H2,1H3,(H,18,19). The third-order valence-corrected chi connectivity index (χ3v) is 4.13. The fourth-order valence-corrected chi connectivity index (χ4v) is 2.44. The minimum Gasteiger partial charge on any atom is -0.376 e. The van der Waals surface area contributed by atoms with Crippen molar-refractivity contribution in [2.24, 2.45) is 0 Å². The highest BCUT2D eigenvalue weighted by atomic mass is 79.9. The Kier molecular flexibility index (Phi) is 5.49. The zero-order valence-electron chi connectivity index (χ0n) is 11.0. The molecule has 5 heteroatoms. The molecule has 0 aliphatic carbocycles. The second kappa shape index (κ2) is 7.36. The van der Waals surface area contributed by atoms with Gasteiger partial charge < -0.3 is 10.6 Å². The van der Waals surface area contributed by atoms with Crippen LogP contribution in [0.4, 0.5) is 11.4 Å². The van der Waals surface area contributed by atoms with Gasteiger partial charge in [-0.15, -0.1) is 11.8 Å². The number of carbonyl (C=O) groups excluding carboxylic acids is 1. The fourth-order valence-electron chi connectivity index (χ4n) is 1.65. The van der Waals surface area contributed by atoms with Crippen molar-refractivity contribution >= 4 is 45.0 Å². The first-order chi connectivity index (χ1) is 9.69. The van der Waals surface area contributed by atoms with Gasteiger partial charge in [0.2, 0.25) is 5.91 Å². The lowest BCUT2D eigenvalue weighted by Crippen LogP contribution is -2.21. The Morgan fingerprint density at radius 1 is 1.15 bits per heavy atom. The van der Waals surface area contributed by atoms with Crippen molar-refractivity contribution in [3.8, 4) is 0 Å². The number of nitrogens with one attached hydrogen (secondary N) is 2. The highest BCUT2D eigenvalue weighted by Crippen LogP contribution is 2.21. The van der Waals surface area contributed by atoms with Gasteiger partial charge >= 0.3 is 0 Å². The largest absolute Gasteiger partial charge is 0.376 e. The molecule has 3 nitrogen and oxygen atoms in total. The maximum Gasteiger partial charge on any atom is 0.243 e. The zero-order valence-corrected chi connectivity index (χ0v) is 13.4. The molecule has 104 valence electrons.